The van der Waals surface area contributed by atoms with Gasteiger partial charge < -0.3 is 9.67 Å². The Balaban J connectivity index is 2.55. The van der Waals surface area contributed by atoms with Crippen LogP contribution in [0, 0.1) is 0 Å². The fraction of sp³-hybridized carbons (Fsp3) is 0.438. The molecule has 0 spiro atoms. The van der Waals surface area contributed by atoms with Crippen molar-refractivity contribution in [3.63, 3.8) is 0 Å². The van der Waals surface area contributed by atoms with Crippen LogP contribution in [0.4, 0.5) is 0 Å². The van der Waals surface area contributed by atoms with Crippen molar-refractivity contribution < 1.29 is 5.11 Å². The summed E-state index contributed by atoms with van der Waals surface area (Å²) in [7, 11) is 0. The molecule has 2 rings (SSSR count). The van der Waals surface area contributed by atoms with Gasteiger partial charge in [-0.05, 0) is 20.3 Å². The van der Waals surface area contributed by atoms with Crippen LogP contribution < -0.4 is 0 Å². The predicted molar refractivity (Wildman–Crippen MR) is 83.0 cm³/mol. The van der Waals surface area contributed by atoms with Gasteiger partial charge in [0.15, 0.2) is 5.15 Å². The third-order valence-electron chi connectivity index (χ3n) is 3.07. The molecule has 0 aliphatic rings. The Morgan fingerprint density at radius 3 is 2.45 bits per heavy atom. The topological polar surface area (TPSA) is 38.0 Å². The SMILES string of the molecule is CCCc1nc(Cl)c(-c2ccccc2)n1CC(C)(C)O. The fourth-order valence-electron chi connectivity index (χ4n) is 2.31. The molecule has 1 aromatic carbocycles. The molecule has 20 heavy (non-hydrogen) atoms. The number of hydrogen-bond acceptors (Lipinski definition) is 2. The number of aliphatic hydroxyl groups is 1. The van der Waals surface area contributed by atoms with Gasteiger partial charge in [-0.3, -0.25) is 0 Å². The lowest BCUT2D eigenvalue weighted by Gasteiger charge is -2.21. The number of halogens is 1. The van der Waals surface area contributed by atoms with Crippen molar-refractivity contribution in [3.05, 3.63) is 41.3 Å². The smallest absolute Gasteiger partial charge is 0.155 e. The lowest BCUT2D eigenvalue weighted by atomic mass is 10.1. The molecule has 1 aromatic heterocycles. The molecule has 0 aliphatic carbocycles. The van der Waals surface area contributed by atoms with E-state index in [-0.39, 0.29) is 0 Å². The van der Waals surface area contributed by atoms with E-state index >= 15 is 0 Å². The number of aryl methyl sites for hydroxylation is 1. The van der Waals surface area contributed by atoms with Crippen molar-refractivity contribution in [1.29, 1.82) is 0 Å². The number of aromatic nitrogens is 2. The van der Waals surface area contributed by atoms with E-state index in [9.17, 15) is 5.11 Å². The first kappa shape index (κ1) is 15.1. The lowest BCUT2D eigenvalue weighted by Crippen LogP contribution is -2.27. The van der Waals surface area contributed by atoms with Gasteiger partial charge >= 0.3 is 0 Å². The first-order valence-electron chi connectivity index (χ1n) is 6.95. The predicted octanol–water partition coefficient (Wildman–Crippen LogP) is 3.93. The van der Waals surface area contributed by atoms with E-state index in [1.165, 1.54) is 0 Å². The molecular weight excluding hydrogens is 272 g/mol. The van der Waals surface area contributed by atoms with E-state index in [0.29, 0.717) is 11.7 Å². The van der Waals surface area contributed by atoms with Crippen molar-refractivity contribution in [2.45, 2.75) is 45.8 Å². The second kappa shape index (κ2) is 5.98. The van der Waals surface area contributed by atoms with Gasteiger partial charge in [-0.25, -0.2) is 4.98 Å². The zero-order valence-electron chi connectivity index (χ0n) is 12.2. The minimum absolute atomic E-state index is 0.478. The van der Waals surface area contributed by atoms with Crippen LogP contribution >= 0.6 is 11.6 Å². The highest BCUT2D eigenvalue weighted by molar-refractivity contribution is 6.32. The van der Waals surface area contributed by atoms with E-state index in [4.69, 9.17) is 11.6 Å². The molecule has 0 unspecified atom stereocenters. The largest absolute Gasteiger partial charge is 0.389 e. The molecule has 0 saturated carbocycles. The number of hydrogen-bond donors (Lipinski definition) is 1. The molecule has 0 saturated heterocycles. The standard InChI is InChI=1S/C16H21ClN2O/c1-4-8-13-18-15(17)14(12-9-6-5-7-10-12)19(13)11-16(2,3)20/h5-7,9-10,20H,4,8,11H2,1-3H3. The van der Waals surface area contributed by atoms with Gasteiger partial charge in [-0.15, -0.1) is 0 Å². The van der Waals surface area contributed by atoms with E-state index in [1.54, 1.807) is 13.8 Å². The van der Waals surface area contributed by atoms with Crippen LogP contribution in [0.15, 0.2) is 30.3 Å². The summed E-state index contributed by atoms with van der Waals surface area (Å²) in [6.07, 6.45) is 1.84. The van der Waals surface area contributed by atoms with Gasteiger partial charge in [-0.2, -0.15) is 0 Å². The summed E-state index contributed by atoms with van der Waals surface area (Å²) in [5, 5.41) is 10.7. The molecule has 0 atom stereocenters. The van der Waals surface area contributed by atoms with Crippen LogP contribution in [0.1, 0.15) is 33.0 Å². The number of nitrogens with zero attached hydrogens (tertiary/aromatic N) is 2. The number of benzene rings is 1. The Hall–Kier alpha value is -1.32. The summed E-state index contributed by atoms with van der Waals surface area (Å²) < 4.78 is 2.04. The number of imidazole rings is 1. The second-order valence-electron chi connectivity index (χ2n) is 5.68. The molecule has 108 valence electrons. The van der Waals surface area contributed by atoms with Crippen molar-refractivity contribution in [1.82, 2.24) is 9.55 Å². The maximum absolute atomic E-state index is 10.2. The van der Waals surface area contributed by atoms with Crippen LogP contribution in [0.2, 0.25) is 5.15 Å². The molecule has 0 bridgehead atoms. The maximum atomic E-state index is 10.2. The van der Waals surface area contributed by atoms with Crippen molar-refractivity contribution in [3.8, 4) is 11.3 Å². The summed E-state index contributed by atoms with van der Waals surface area (Å²) in [4.78, 5) is 4.48. The highest BCUT2D eigenvalue weighted by Gasteiger charge is 2.22. The highest BCUT2D eigenvalue weighted by atomic mass is 35.5. The molecular formula is C16H21ClN2O. The zero-order chi connectivity index (χ0) is 14.8. The Kier molecular flexibility index (Phi) is 4.51. The first-order chi connectivity index (χ1) is 9.42. The lowest BCUT2D eigenvalue weighted by molar-refractivity contribution is 0.0610. The third kappa shape index (κ3) is 3.41. The third-order valence-corrected chi connectivity index (χ3v) is 3.33. The Labute approximate surface area is 125 Å². The van der Waals surface area contributed by atoms with Crippen LogP contribution in [-0.2, 0) is 13.0 Å². The van der Waals surface area contributed by atoms with Crippen molar-refractivity contribution in [2.24, 2.45) is 0 Å². The van der Waals surface area contributed by atoms with Crippen LogP contribution in [0.25, 0.3) is 11.3 Å². The van der Waals surface area contributed by atoms with Crippen LogP contribution in [-0.4, -0.2) is 20.3 Å². The second-order valence-corrected chi connectivity index (χ2v) is 6.04. The summed E-state index contributed by atoms with van der Waals surface area (Å²) in [6.45, 7) is 6.18. The molecule has 0 radical (unpaired) electrons. The van der Waals surface area contributed by atoms with E-state index in [2.05, 4.69) is 11.9 Å². The molecule has 0 amide bonds. The van der Waals surface area contributed by atoms with Gasteiger partial charge in [0.2, 0.25) is 0 Å². The van der Waals surface area contributed by atoms with Gasteiger partial charge in [0.05, 0.1) is 17.8 Å². The summed E-state index contributed by atoms with van der Waals surface area (Å²) >= 11 is 6.34. The molecule has 2 aromatic rings. The van der Waals surface area contributed by atoms with Crippen LogP contribution in [0.5, 0.6) is 0 Å². The average Bonchev–Trinajstić information content (AvgIpc) is 2.65. The van der Waals surface area contributed by atoms with E-state index in [1.807, 2.05) is 34.9 Å². The molecule has 1 heterocycles. The normalized spacial score (nSPS) is 11.8. The van der Waals surface area contributed by atoms with E-state index in [0.717, 1.165) is 29.9 Å². The average molecular weight is 293 g/mol. The van der Waals surface area contributed by atoms with Crippen LogP contribution in [0.3, 0.4) is 0 Å². The Bertz CT molecular complexity index is 570. The zero-order valence-corrected chi connectivity index (χ0v) is 13.0. The van der Waals surface area contributed by atoms with Gasteiger partial charge in [-0.1, -0.05) is 48.9 Å². The molecule has 1 N–H and O–H groups in total. The Morgan fingerprint density at radius 1 is 1.25 bits per heavy atom. The summed E-state index contributed by atoms with van der Waals surface area (Å²) in [6, 6.07) is 9.96. The Morgan fingerprint density at radius 2 is 1.90 bits per heavy atom. The fourth-order valence-corrected chi connectivity index (χ4v) is 2.62. The minimum atomic E-state index is -0.809. The summed E-state index contributed by atoms with van der Waals surface area (Å²) in [5.74, 6) is 0.929. The van der Waals surface area contributed by atoms with Crippen molar-refractivity contribution in [2.75, 3.05) is 0 Å². The van der Waals surface area contributed by atoms with E-state index < -0.39 is 5.60 Å². The molecule has 0 fully saturated rings. The van der Waals surface area contributed by atoms with Gasteiger partial charge in [0.25, 0.3) is 0 Å². The monoisotopic (exact) mass is 292 g/mol. The quantitative estimate of drug-likeness (QED) is 0.907. The number of rotatable bonds is 5. The van der Waals surface area contributed by atoms with Gasteiger partial charge in [0.1, 0.15) is 5.82 Å². The van der Waals surface area contributed by atoms with Gasteiger partial charge in [0, 0.05) is 12.0 Å². The molecule has 0 aliphatic heterocycles. The molecule has 3 nitrogen and oxygen atoms in total. The first-order valence-corrected chi connectivity index (χ1v) is 7.33. The maximum Gasteiger partial charge on any atom is 0.155 e. The molecule has 4 heteroatoms. The minimum Gasteiger partial charge on any atom is -0.389 e. The summed E-state index contributed by atoms with van der Waals surface area (Å²) in [5.41, 5.74) is 1.10. The highest BCUT2D eigenvalue weighted by Crippen LogP contribution is 2.30. The van der Waals surface area contributed by atoms with Crippen molar-refractivity contribution >= 4 is 11.6 Å².